The lowest BCUT2D eigenvalue weighted by Crippen LogP contribution is -2.53. The molecule has 1 aromatic rings. The van der Waals surface area contributed by atoms with Crippen LogP contribution in [0.1, 0.15) is 25.0 Å². The second kappa shape index (κ2) is 6.75. The molecule has 5 heteroatoms. The predicted octanol–water partition coefficient (Wildman–Crippen LogP) is 1.13. The van der Waals surface area contributed by atoms with Gasteiger partial charge in [0.1, 0.15) is 5.75 Å². The highest BCUT2D eigenvalue weighted by atomic mass is 16.5. The average Bonchev–Trinajstić information content (AvgIpc) is 2.45. The molecule has 118 valence electrons. The maximum absolute atomic E-state index is 9.37. The molecule has 1 aliphatic rings. The molecule has 1 saturated heterocycles. The topological polar surface area (TPSA) is 68.0 Å². The summed E-state index contributed by atoms with van der Waals surface area (Å²) in [5, 5.41) is 9.37. The van der Waals surface area contributed by atoms with Crippen molar-refractivity contribution in [2.24, 2.45) is 5.73 Å². The first-order chi connectivity index (χ1) is 9.97. The van der Waals surface area contributed by atoms with Crippen LogP contribution < -0.4 is 10.5 Å². The van der Waals surface area contributed by atoms with Crippen LogP contribution in [0.5, 0.6) is 5.75 Å². The number of ether oxygens (including phenoxy) is 2. The Morgan fingerprint density at radius 1 is 1.48 bits per heavy atom. The van der Waals surface area contributed by atoms with Crippen LogP contribution in [0.3, 0.4) is 0 Å². The second-order valence-corrected chi connectivity index (χ2v) is 6.20. The smallest absolute Gasteiger partial charge is 0.123 e. The second-order valence-electron chi connectivity index (χ2n) is 6.20. The van der Waals surface area contributed by atoms with Crippen LogP contribution in [0.15, 0.2) is 18.2 Å². The molecule has 0 radical (unpaired) electrons. The zero-order valence-electron chi connectivity index (χ0n) is 13.1. The molecule has 1 fully saturated rings. The van der Waals surface area contributed by atoms with Gasteiger partial charge in [-0.05, 0) is 25.5 Å². The maximum atomic E-state index is 9.37. The van der Waals surface area contributed by atoms with Gasteiger partial charge in [0.05, 0.1) is 25.4 Å². The lowest BCUT2D eigenvalue weighted by atomic mass is 10.0. The number of aliphatic hydroxyl groups is 1. The molecule has 1 aromatic carbocycles. The number of hydrogen-bond donors (Lipinski definition) is 2. The molecule has 1 aliphatic heterocycles. The van der Waals surface area contributed by atoms with Gasteiger partial charge in [0.25, 0.3) is 0 Å². The lowest BCUT2D eigenvalue weighted by molar-refractivity contribution is -0.150. The highest BCUT2D eigenvalue weighted by Gasteiger charge is 2.32. The van der Waals surface area contributed by atoms with Gasteiger partial charge in [0.2, 0.25) is 0 Å². The summed E-state index contributed by atoms with van der Waals surface area (Å²) in [6, 6.07) is 6.14. The first kappa shape index (κ1) is 16.2. The van der Waals surface area contributed by atoms with Crippen LogP contribution >= 0.6 is 0 Å². The minimum Gasteiger partial charge on any atom is -0.496 e. The van der Waals surface area contributed by atoms with Crippen molar-refractivity contribution >= 4 is 0 Å². The number of rotatable bonds is 5. The number of methoxy groups -OCH3 is 1. The Hall–Kier alpha value is -1.14. The van der Waals surface area contributed by atoms with E-state index in [1.807, 2.05) is 12.1 Å². The first-order valence-electron chi connectivity index (χ1n) is 7.34. The van der Waals surface area contributed by atoms with Gasteiger partial charge >= 0.3 is 0 Å². The van der Waals surface area contributed by atoms with Gasteiger partial charge in [0.15, 0.2) is 0 Å². The summed E-state index contributed by atoms with van der Waals surface area (Å²) in [6.07, 6.45) is -0.126. The zero-order valence-corrected chi connectivity index (χ0v) is 13.1. The van der Waals surface area contributed by atoms with Gasteiger partial charge in [0, 0.05) is 31.7 Å². The first-order valence-corrected chi connectivity index (χ1v) is 7.34. The molecule has 1 unspecified atom stereocenters. The van der Waals surface area contributed by atoms with Crippen molar-refractivity contribution in [3.05, 3.63) is 29.3 Å². The van der Waals surface area contributed by atoms with Crippen molar-refractivity contribution in [2.75, 3.05) is 26.8 Å². The van der Waals surface area contributed by atoms with E-state index in [0.29, 0.717) is 6.54 Å². The Balaban J connectivity index is 2.10. The molecule has 2 rings (SSSR count). The monoisotopic (exact) mass is 294 g/mol. The fraction of sp³-hybridized carbons (Fsp3) is 0.625. The van der Waals surface area contributed by atoms with E-state index >= 15 is 0 Å². The molecule has 0 amide bonds. The van der Waals surface area contributed by atoms with Crippen LogP contribution in [0.25, 0.3) is 0 Å². The Labute approximate surface area is 126 Å². The number of morpholine rings is 1. The Morgan fingerprint density at radius 3 is 2.86 bits per heavy atom. The highest BCUT2D eigenvalue weighted by Crippen LogP contribution is 2.25. The number of nitrogens with two attached hydrogens (primary N) is 1. The van der Waals surface area contributed by atoms with E-state index in [2.05, 4.69) is 24.8 Å². The maximum Gasteiger partial charge on any atom is 0.123 e. The van der Waals surface area contributed by atoms with Gasteiger partial charge in [-0.25, -0.2) is 0 Å². The average molecular weight is 294 g/mol. The number of benzene rings is 1. The number of hydrogen-bond acceptors (Lipinski definition) is 5. The fourth-order valence-electron chi connectivity index (χ4n) is 2.95. The zero-order chi connectivity index (χ0) is 15.5. The third kappa shape index (κ3) is 4.17. The summed E-state index contributed by atoms with van der Waals surface area (Å²) >= 11 is 0. The van der Waals surface area contributed by atoms with E-state index in [9.17, 15) is 5.11 Å². The molecular formula is C16H26N2O3. The van der Waals surface area contributed by atoms with Gasteiger partial charge in [-0.3, -0.25) is 4.90 Å². The van der Waals surface area contributed by atoms with Crippen molar-refractivity contribution in [3.8, 4) is 5.75 Å². The Bertz CT molecular complexity index is 477. The minimum atomic E-state index is -0.243. The van der Waals surface area contributed by atoms with Crippen molar-refractivity contribution < 1.29 is 14.6 Å². The minimum absolute atomic E-state index is 0.0510. The quantitative estimate of drug-likeness (QED) is 0.852. The van der Waals surface area contributed by atoms with Gasteiger partial charge in [-0.2, -0.15) is 0 Å². The SMILES string of the molecule is COc1cc(CN2CC(CO)OC(C)(C)C2)ccc1CN. The van der Waals surface area contributed by atoms with Crippen LogP contribution in [-0.2, 0) is 17.8 Å². The van der Waals surface area contributed by atoms with Gasteiger partial charge in [-0.1, -0.05) is 12.1 Å². The third-order valence-corrected chi connectivity index (χ3v) is 3.73. The van der Waals surface area contributed by atoms with Crippen LogP contribution in [0.2, 0.25) is 0 Å². The summed E-state index contributed by atoms with van der Waals surface area (Å²) < 4.78 is 11.2. The molecule has 1 atom stereocenters. The van der Waals surface area contributed by atoms with E-state index in [-0.39, 0.29) is 18.3 Å². The summed E-state index contributed by atoms with van der Waals surface area (Å²) in [4.78, 5) is 2.31. The van der Waals surface area contributed by atoms with Crippen molar-refractivity contribution in [3.63, 3.8) is 0 Å². The van der Waals surface area contributed by atoms with E-state index < -0.39 is 0 Å². The molecule has 0 aromatic heterocycles. The van der Waals surface area contributed by atoms with Crippen molar-refractivity contribution in [2.45, 2.75) is 38.6 Å². The van der Waals surface area contributed by atoms with E-state index in [1.54, 1.807) is 7.11 Å². The summed E-state index contributed by atoms with van der Waals surface area (Å²) in [6.45, 7) is 7.02. The Kier molecular flexibility index (Phi) is 5.22. The van der Waals surface area contributed by atoms with E-state index in [1.165, 1.54) is 5.56 Å². The van der Waals surface area contributed by atoms with Crippen LogP contribution in [0.4, 0.5) is 0 Å². The third-order valence-electron chi connectivity index (χ3n) is 3.73. The van der Waals surface area contributed by atoms with Crippen LogP contribution in [-0.4, -0.2) is 48.5 Å². The fourth-order valence-corrected chi connectivity index (χ4v) is 2.95. The molecule has 21 heavy (non-hydrogen) atoms. The van der Waals surface area contributed by atoms with Gasteiger partial charge in [-0.15, -0.1) is 0 Å². The Morgan fingerprint density at radius 2 is 2.24 bits per heavy atom. The van der Waals surface area contributed by atoms with E-state index in [4.69, 9.17) is 15.2 Å². The van der Waals surface area contributed by atoms with Crippen molar-refractivity contribution in [1.82, 2.24) is 4.90 Å². The molecule has 1 heterocycles. The van der Waals surface area contributed by atoms with Crippen molar-refractivity contribution in [1.29, 1.82) is 0 Å². The summed E-state index contributed by atoms with van der Waals surface area (Å²) in [5.74, 6) is 0.834. The molecule has 0 aliphatic carbocycles. The molecule has 3 N–H and O–H groups in total. The standard InChI is InChI=1S/C16H26N2O3/c1-16(2)11-18(9-14(10-19)21-16)8-12-4-5-13(7-17)15(6-12)20-3/h4-6,14,19H,7-11,17H2,1-3H3. The number of nitrogens with zero attached hydrogens (tertiary/aromatic N) is 1. The number of aliphatic hydroxyl groups excluding tert-OH is 1. The summed E-state index contributed by atoms with van der Waals surface area (Å²) in [7, 11) is 1.66. The molecular weight excluding hydrogens is 268 g/mol. The summed E-state index contributed by atoms with van der Waals surface area (Å²) in [5.41, 5.74) is 7.64. The molecule has 0 saturated carbocycles. The molecule has 0 spiro atoms. The highest BCUT2D eigenvalue weighted by molar-refractivity contribution is 5.37. The normalized spacial score (nSPS) is 22.2. The molecule has 0 bridgehead atoms. The van der Waals surface area contributed by atoms with Gasteiger partial charge < -0.3 is 20.3 Å². The van der Waals surface area contributed by atoms with E-state index in [0.717, 1.165) is 30.9 Å². The van der Waals surface area contributed by atoms with Crippen LogP contribution in [0, 0.1) is 0 Å². The lowest BCUT2D eigenvalue weighted by Gasteiger charge is -2.42. The predicted molar refractivity (Wildman–Crippen MR) is 82.2 cm³/mol. The largest absolute Gasteiger partial charge is 0.496 e. The molecule has 5 nitrogen and oxygen atoms in total.